The highest BCUT2D eigenvalue weighted by atomic mass is 35.5. The molecule has 0 radical (unpaired) electrons. The first-order valence-corrected chi connectivity index (χ1v) is 15.1. The van der Waals surface area contributed by atoms with Gasteiger partial charge in [-0.15, -0.1) is 0 Å². The van der Waals surface area contributed by atoms with E-state index in [-0.39, 0.29) is 23.3 Å². The average molecular weight is 567 g/mol. The molecule has 4 rings (SSSR count). The van der Waals surface area contributed by atoms with Crippen LogP contribution >= 0.6 is 11.6 Å². The van der Waals surface area contributed by atoms with Crippen molar-refractivity contribution in [2.45, 2.75) is 76.3 Å². The second kappa shape index (κ2) is 14.6. The molecule has 8 heteroatoms. The van der Waals surface area contributed by atoms with Crippen molar-refractivity contribution in [3.8, 4) is 0 Å². The fourth-order valence-electron chi connectivity index (χ4n) is 6.09. The Labute approximate surface area is 243 Å². The van der Waals surface area contributed by atoms with Crippen LogP contribution in [-0.4, -0.2) is 71.8 Å². The lowest BCUT2D eigenvalue weighted by Crippen LogP contribution is -2.63. The van der Waals surface area contributed by atoms with Crippen LogP contribution in [0.15, 0.2) is 54.6 Å². The number of rotatable bonds is 11. The maximum absolute atomic E-state index is 13.7. The van der Waals surface area contributed by atoms with Crippen molar-refractivity contribution in [2.75, 3.05) is 32.7 Å². The summed E-state index contributed by atoms with van der Waals surface area (Å²) in [4.78, 5) is 43.3. The van der Waals surface area contributed by atoms with Crippen LogP contribution in [-0.2, 0) is 27.2 Å². The number of hydrogen-bond acceptors (Lipinski definition) is 4. The van der Waals surface area contributed by atoms with Crippen molar-refractivity contribution < 1.29 is 14.4 Å². The van der Waals surface area contributed by atoms with E-state index in [2.05, 4.69) is 15.5 Å². The van der Waals surface area contributed by atoms with Gasteiger partial charge in [0, 0.05) is 56.1 Å². The van der Waals surface area contributed by atoms with E-state index in [1.165, 1.54) is 6.42 Å². The van der Waals surface area contributed by atoms with E-state index < -0.39 is 6.04 Å². The Bertz CT molecular complexity index is 1110. The summed E-state index contributed by atoms with van der Waals surface area (Å²) in [6, 6.07) is 16.7. The number of amides is 3. The highest BCUT2D eigenvalue weighted by molar-refractivity contribution is 6.30. The number of hydrogen-bond donors (Lipinski definition) is 2. The number of carbonyl (C=O) groups is 3. The molecule has 3 amide bonds. The number of carbonyl (C=O) groups excluding carboxylic acids is 3. The predicted molar refractivity (Wildman–Crippen MR) is 159 cm³/mol. The minimum absolute atomic E-state index is 0.0343. The fourth-order valence-corrected chi connectivity index (χ4v) is 6.22. The minimum atomic E-state index is -0.604. The van der Waals surface area contributed by atoms with Crippen molar-refractivity contribution in [1.29, 1.82) is 0 Å². The van der Waals surface area contributed by atoms with Gasteiger partial charge in [-0.3, -0.25) is 19.3 Å². The van der Waals surface area contributed by atoms with Crippen LogP contribution in [0.1, 0.15) is 63.0 Å². The molecule has 40 heavy (non-hydrogen) atoms. The van der Waals surface area contributed by atoms with Crippen molar-refractivity contribution in [3.05, 3.63) is 70.7 Å². The molecule has 1 atom stereocenters. The second-order valence-corrected chi connectivity index (χ2v) is 11.7. The normalized spacial score (nSPS) is 18.1. The second-order valence-electron chi connectivity index (χ2n) is 11.2. The summed E-state index contributed by atoms with van der Waals surface area (Å²) in [5.41, 5.74) is 1.91. The third-order valence-corrected chi connectivity index (χ3v) is 8.58. The Hall–Kier alpha value is -2.90. The zero-order valence-electron chi connectivity index (χ0n) is 23.7. The first-order chi connectivity index (χ1) is 19.4. The van der Waals surface area contributed by atoms with Crippen LogP contribution < -0.4 is 10.6 Å². The molecule has 1 saturated heterocycles. The Kier molecular flexibility index (Phi) is 11.0. The van der Waals surface area contributed by atoms with Crippen molar-refractivity contribution in [2.24, 2.45) is 0 Å². The number of benzene rings is 2. The van der Waals surface area contributed by atoms with Gasteiger partial charge in [-0.25, -0.2) is 0 Å². The van der Waals surface area contributed by atoms with E-state index in [9.17, 15) is 14.4 Å². The number of nitrogens with one attached hydrogen (secondary N) is 2. The van der Waals surface area contributed by atoms with Gasteiger partial charge < -0.3 is 15.5 Å². The molecule has 2 aliphatic rings. The largest absolute Gasteiger partial charge is 0.354 e. The SMILES string of the molecule is CCCC(=O)N[C@H](Cc1ccc(Cl)cc1)C(=O)N1CCN(C2(CNC(=O)Cc3ccccc3)CCCCC2)CC1. The monoisotopic (exact) mass is 566 g/mol. The number of piperazine rings is 1. The maximum atomic E-state index is 13.7. The van der Waals surface area contributed by atoms with Gasteiger partial charge in [0.2, 0.25) is 17.7 Å². The van der Waals surface area contributed by atoms with Gasteiger partial charge in [-0.2, -0.15) is 0 Å². The van der Waals surface area contributed by atoms with Gasteiger partial charge in [0.15, 0.2) is 0 Å². The molecule has 1 saturated carbocycles. The Balaban J connectivity index is 1.37. The molecule has 2 aromatic carbocycles. The van der Waals surface area contributed by atoms with Gasteiger partial charge in [-0.1, -0.05) is 80.3 Å². The quantitative estimate of drug-likeness (QED) is 0.423. The van der Waals surface area contributed by atoms with Gasteiger partial charge in [0.05, 0.1) is 6.42 Å². The summed E-state index contributed by atoms with van der Waals surface area (Å²) in [5, 5.41) is 6.87. The summed E-state index contributed by atoms with van der Waals surface area (Å²) in [5.74, 6) is -0.0772. The van der Waals surface area contributed by atoms with Crippen LogP contribution in [0.2, 0.25) is 5.02 Å². The van der Waals surface area contributed by atoms with Crippen LogP contribution in [0, 0.1) is 0 Å². The predicted octanol–water partition coefficient (Wildman–Crippen LogP) is 4.37. The first kappa shape index (κ1) is 30.1. The third-order valence-electron chi connectivity index (χ3n) is 8.33. The van der Waals surface area contributed by atoms with Crippen LogP contribution in [0.3, 0.4) is 0 Å². The van der Waals surface area contributed by atoms with Gasteiger partial charge in [-0.05, 0) is 42.5 Å². The fraction of sp³-hybridized carbons (Fsp3) is 0.531. The standard InChI is InChI=1S/C32H43ClN4O3/c1-2-9-29(38)35-28(22-26-12-14-27(33)15-13-26)31(40)36-18-20-37(21-19-36)32(16-7-4-8-17-32)24-34-30(39)23-25-10-5-3-6-11-25/h3,5-6,10-15,28H,2,4,7-9,16-24H2,1H3,(H,34,39)(H,35,38)/t28-/m1/s1. The van der Waals surface area contributed by atoms with Crippen molar-refractivity contribution >= 4 is 29.3 Å². The van der Waals surface area contributed by atoms with E-state index in [4.69, 9.17) is 11.6 Å². The van der Waals surface area contributed by atoms with E-state index in [0.29, 0.717) is 43.9 Å². The number of halogens is 1. The smallest absolute Gasteiger partial charge is 0.245 e. The summed E-state index contributed by atoms with van der Waals surface area (Å²) in [7, 11) is 0. The average Bonchev–Trinajstić information content (AvgIpc) is 2.98. The highest BCUT2D eigenvalue weighted by Crippen LogP contribution is 2.34. The minimum Gasteiger partial charge on any atom is -0.354 e. The molecule has 1 heterocycles. The lowest BCUT2D eigenvalue weighted by atomic mass is 9.79. The molecular formula is C32H43ClN4O3. The molecular weight excluding hydrogens is 524 g/mol. The zero-order valence-corrected chi connectivity index (χ0v) is 24.4. The maximum Gasteiger partial charge on any atom is 0.245 e. The van der Waals surface area contributed by atoms with Crippen LogP contribution in [0.5, 0.6) is 0 Å². The van der Waals surface area contributed by atoms with Crippen LogP contribution in [0.25, 0.3) is 0 Å². The number of nitrogens with zero attached hydrogens (tertiary/aromatic N) is 2. The highest BCUT2D eigenvalue weighted by Gasteiger charge is 2.40. The summed E-state index contributed by atoms with van der Waals surface area (Å²) in [6.45, 7) is 5.34. The Morgan fingerprint density at radius 3 is 2.20 bits per heavy atom. The Morgan fingerprint density at radius 2 is 1.55 bits per heavy atom. The molecule has 0 aromatic heterocycles. The molecule has 216 valence electrons. The molecule has 2 N–H and O–H groups in total. The molecule has 2 aromatic rings. The van der Waals surface area contributed by atoms with E-state index in [1.54, 1.807) is 0 Å². The molecule has 0 bridgehead atoms. The topological polar surface area (TPSA) is 81.8 Å². The molecule has 0 spiro atoms. The van der Waals surface area contributed by atoms with E-state index >= 15 is 0 Å². The van der Waals surface area contributed by atoms with E-state index in [0.717, 1.165) is 56.3 Å². The van der Waals surface area contributed by atoms with Crippen molar-refractivity contribution in [3.63, 3.8) is 0 Å². The van der Waals surface area contributed by atoms with Crippen molar-refractivity contribution in [1.82, 2.24) is 20.4 Å². The van der Waals surface area contributed by atoms with E-state index in [1.807, 2.05) is 66.4 Å². The van der Waals surface area contributed by atoms with Gasteiger partial charge in [0.1, 0.15) is 6.04 Å². The molecule has 2 fully saturated rings. The van der Waals surface area contributed by atoms with Crippen LogP contribution in [0.4, 0.5) is 0 Å². The zero-order chi connectivity index (χ0) is 28.4. The first-order valence-electron chi connectivity index (χ1n) is 14.8. The lowest BCUT2D eigenvalue weighted by molar-refractivity contribution is -0.139. The molecule has 1 aliphatic carbocycles. The summed E-state index contributed by atoms with van der Waals surface area (Å²) < 4.78 is 0. The summed E-state index contributed by atoms with van der Waals surface area (Å²) in [6.07, 6.45) is 7.59. The molecule has 0 unspecified atom stereocenters. The van der Waals surface area contributed by atoms with Gasteiger partial charge >= 0.3 is 0 Å². The van der Waals surface area contributed by atoms with Gasteiger partial charge in [0.25, 0.3) is 0 Å². The summed E-state index contributed by atoms with van der Waals surface area (Å²) >= 11 is 6.05. The molecule has 1 aliphatic heterocycles. The Morgan fingerprint density at radius 1 is 0.875 bits per heavy atom. The lowest BCUT2D eigenvalue weighted by Gasteiger charge is -2.50. The molecule has 7 nitrogen and oxygen atoms in total. The third kappa shape index (κ3) is 8.31.